The molecule has 0 aliphatic carbocycles. The number of rotatable bonds is 6. The Morgan fingerprint density at radius 1 is 1.37 bits per heavy atom. The van der Waals surface area contributed by atoms with E-state index in [-0.39, 0.29) is 18.6 Å². The molecule has 1 heterocycles. The maximum Gasteiger partial charge on any atom is 0.269 e. The molecule has 1 amide bonds. The van der Waals surface area contributed by atoms with Gasteiger partial charge in [0.05, 0.1) is 25.2 Å². The SMILES string of the molecule is O=C(NC(CO)CCc1ccccc1)c1cnc[nH]1. The van der Waals surface area contributed by atoms with Crippen molar-refractivity contribution in [2.45, 2.75) is 18.9 Å². The van der Waals surface area contributed by atoms with Gasteiger partial charge in [0.1, 0.15) is 5.69 Å². The Kier molecular flexibility index (Phi) is 4.69. The van der Waals surface area contributed by atoms with Crippen LogP contribution in [0.5, 0.6) is 0 Å². The highest BCUT2D eigenvalue weighted by molar-refractivity contribution is 5.92. The number of carbonyl (C=O) groups is 1. The Morgan fingerprint density at radius 3 is 2.79 bits per heavy atom. The van der Waals surface area contributed by atoms with Crippen LogP contribution in [0.2, 0.25) is 0 Å². The highest BCUT2D eigenvalue weighted by Crippen LogP contribution is 2.05. The predicted octanol–water partition coefficient (Wildman–Crippen LogP) is 1.13. The van der Waals surface area contributed by atoms with Crippen molar-refractivity contribution in [2.24, 2.45) is 0 Å². The second kappa shape index (κ2) is 6.70. The van der Waals surface area contributed by atoms with E-state index >= 15 is 0 Å². The Labute approximate surface area is 111 Å². The molecule has 100 valence electrons. The predicted molar refractivity (Wildman–Crippen MR) is 71.7 cm³/mol. The average Bonchev–Trinajstić information content (AvgIpc) is 2.98. The molecule has 0 saturated heterocycles. The molecular formula is C14H17N3O2. The molecule has 2 aromatic rings. The maximum atomic E-state index is 11.8. The third kappa shape index (κ3) is 3.93. The fourth-order valence-electron chi connectivity index (χ4n) is 1.84. The monoisotopic (exact) mass is 259 g/mol. The molecular weight excluding hydrogens is 242 g/mol. The number of hydrogen-bond acceptors (Lipinski definition) is 3. The highest BCUT2D eigenvalue weighted by Gasteiger charge is 2.13. The number of H-pyrrole nitrogens is 1. The van der Waals surface area contributed by atoms with E-state index in [0.29, 0.717) is 12.1 Å². The summed E-state index contributed by atoms with van der Waals surface area (Å²) in [6.07, 6.45) is 4.42. The molecule has 1 unspecified atom stereocenters. The summed E-state index contributed by atoms with van der Waals surface area (Å²) >= 11 is 0. The molecule has 0 bridgehead atoms. The third-order valence-corrected chi connectivity index (χ3v) is 2.92. The number of nitrogens with zero attached hydrogens (tertiary/aromatic N) is 1. The number of carbonyl (C=O) groups excluding carboxylic acids is 1. The van der Waals surface area contributed by atoms with Crippen LogP contribution in [0.15, 0.2) is 42.9 Å². The second-order valence-corrected chi connectivity index (χ2v) is 4.34. The second-order valence-electron chi connectivity index (χ2n) is 4.34. The van der Waals surface area contributed by atoms with Crippen LogP contribution in [-0.2, 0) is 6.42 Å². The molecule has 0 fully saturated rings. The minimum absolute atomic E-state index is 0.0767. The lowest BCUT2D eigenvalue weighted by atomic mass is 10.1. The van der Waals surface area contributed by atoms with Gasteiger partial charge in [-0.3, -0.25) is 4.79 Å². The molecule has 2 rings (SSSR count). The van der Waals surface area contributed by atoms with E-state index in [2.05, 4.69) is 15.3 Å². The lowest BCUT2D eigenvalue weighted by Gasteiger charge is -2.15. The summed E-state index contributed by atoms with van der Waals surface area (Å²) in [7, 11) is 0. The fourth-order valence-corrected chi connectivity index (χ4v) is 1.84. The van der Waals surface area contributed by atoms with Crippen molar-refractivity contribution in [2.75, 3.05) is 6.61 Å². The normalized spacial score (nSPS) is 12.1. The van der Waals surface area contributed by atoms with Gasteiger partial charge in [0, 0.05) is 0 Å². The molecule has 0 saturated carbocycles. The Balaban J connectivity index is 1.85. The van der Waals surface area contributed by atoms with Crippen molar-refractivity contribution in [1.82, 2.24) is 15.3 Å². The van der Waals surface area contributed by atoms with Gasteiger partial charge in [-0.1, -0.05) is 30.3 Å². The zero-order valence-corrected chi connectivity index (χ0v) is 10.5. The summed E-state index contributed by atoms with van der Waals surface area (Å²) < 4.78 is 0. The highest BCUT2D eigenvalue weighted by atomic mass is 16.3. The van der Waals surface area contributed by atoms with Crippen LogP contribution in [0.4, 0.5) is 0 Å². The van der Waals surface area contributed by atoms with Crippen LogP contribution >= 0.6 is 0 Å². The van der Waals surface area contributed by atoms with Gasteiger partial charge in [0.25, 0.3) is 5.91 Å². The number of aryl methyl sites for hydroxylation is 1. The summed E-state index contributed by atoms with van der Waals surface area (Å²) in [5.41, 5.74) is 1.59. The first-order valence-electron chi connectivity index (χ1n) is 6.23. The van der Waals surface area contributed by atoms with Crippen molar-refractivity contribution in [3.05, 3.63) is 54.1 Å². The van der Waals surface area contributed by atoms with E-state index in [1.54, 1.807) is 0 Å². The summed E-state index contributed by atoms with van der Waals surface area (Å²) in [6.45, 7) is -0.0767. The number of imidazole rings is 1. The van der Waals surface area contributed by atoms with Gasteiger partial charge < -0.3 is 15.4 Å². The van der Waals surface area contributed by atoms with Crippen molar-refractivity contribution >= 4 is 5.91 Å². The van der Waals surface area contributed by atoms with Gasteiger partial charge in [-0.15, -0.1) is 0 Å². The quantitative estimate of drug-likeness (QED) is 0.727. The van der Waals surface area contributed by atoms with E-state index in [9.17, 15) is 9.90 Å². The first-order chi connectivity index (χ1) is 9.29. The van der Waals surface area contributed by atoms with Crippen LogP contribution in [0.25, 0.3) is 0 Å². The summed E-state index contributed by atoms with van der Waals surface area (Å²) in [4.78, 5) is 18.3. The number of hydrogen-bond donors (Lipinski definition) is 3. The van der Waals surface area contributed by atoms with Gasteiger partial charge in [-0.25, -0.2) is 4.98 Å². The minimum atomic E-state index is -0.254. The summed E-state index contributed by atoms with van der Waals surface area (Å²) in [5, 5.41) is 12.1. The number of aliphatic hydroxyl groups is 1. The average molecular weight is 259 g/mol. The third-order valence-electron chi connectivity index (χ3n) is 2.92. The van der Waals surface area contributed by atoms with Gasteiger partial charge in [-0.05, 0) is 18.4 Å². The van der Waals surface area contributed by atoms with Crippen molar-refractivity contribution in [3.63, 3.8) is 0 Å². The molecule has 3 N–H and O–H groups in total. The Bertz CT molecular complexity index is 497. The van der Waals surface area contributed by atoms with Gasteiger partial charge in [0.15, 0.2) is 0 Å². The molecule has 0 aliphatic heterocycles. The van der Waals surface area contributed by atoms with Crippen LogP contribution in [0, 0.1) is 0 Å². The van der Waals surface area contributed by atoms with Crippen LogP contribution < -0.4 is 5.32 Å². The van der Waals surface area contributed by atoms with E-state index in [1.807, 2.05) is 30.3 Å². The molecule has 19 heavy (non-hydrogen) atoms. The number of nitrogens with one attached hydrogen (secondary N) is 2. The maximum absolute atomic E-state index is 11.8. The topological polar surface area (TPSA) is 78.0 Å². The molecule has 0 radical (unpaired) electrons. The Morgan fingerprint density at radius 2 is 2.16 bits per heavy atom. The standard InChI is InChI=1S/C14H17N3O2/c18-9-12(7-6-11-4-2-1-3-5-11)17-14(19)13-8-15-10-16-13/h1-5,8,10,12,18H,6-7,9H2,(H,15,16)(H,17,19). The Hall–Kier alpha value is -2.14. The van der Waals surface area contributed by atoms with Crippen molar-refractivity contribution < 1.29 is 9.90 Å². The number of amides is 1. The van der Waals surface area contributed by atoms with E-state index in [4.69, 9.17) is 0 Å². The largest absolute Gasteiger partial charge is 0.394 e. The molecule has 1 atom stereocenters. The minimum Gasteiger partial charge on any atom is -0.394 e. The number of aromatic amines is 1. The van der Waals surface area contributed by atoms with Crippen LogP contribution in [0.1, 0.15) is 22.5 Å². The van der Waals surface area contributed by atoms with Gasteiger partial charge in [-0.2, -0.15) is 0 Å². The van der Waals surface area contributed by atoms with Crippen LogP contribution in [0.3, 0.4) is 0 Å². The number of aromatic nitrogens is 2. The molecule has 5 heteroatoms. The molecule has 1 aromatic carbocycles. The molecule has 1 aromatic heterocycles. The first-order valence-corrected chi connectivity index (χ1v) is 6.23. The van der Waals surface area contributed by atoms with Crippen molar-refractivity contribution in [3.8, 4) is 0 Å². The zero-order chi connectivity index (χ0) is 13.5. The smallest absolute Gasteiger partial charge is 0.269 e. The van der Waals surface area contributed by atoms with Gasteiger partial charge in [0.2, 0.25) is 0 Å². The molecule has 0 spiro atoms. The van der Waals surface area contributed by atoms with Crippen LogP contribution in [-0.4, -0.2) is 33.6 Å². The number of aliphatic hydroxyl groups excluding tert-OH is 1. The van der Waals surface area contributed by atoms with E-state index < -0.39 is 0 Å². The lowest BCUT2D eigenvalue weighted by Crippen LogP contribution is -2.38. The summed E-state index contributed by atoms with van der Waals surface area (Å²) in [6, 6.07) is 9.73. The van der Waals surface area contributed by atoms with Gasteiger partial charge >= 0.3 is 0 Å². The summed E-state index contributed by atoms with van der Waals surface area (Å²) in [5.74, 6) is -0.246. The number of benzene rings is 1. The zero-order valence-electron chi connectivity index (χ0n) is 10.5. The lowest BCUT2D eigenvalue weighted by molar-refractivity contribution is 0.0908. The first kappa shape index (κ1) is 13.3. The molecule has 5 nitrogen and oxygen atoms in total. The molecule has 0 aliphatic rings. The van der Waals surface area contributed by atoms with E-state index in [0.717, 1.165) is 6.42 Å². The fraction of sp³-hybridized carbons (Fsp3) is 0.286. The van der Waals surface area contributed by atoms with Crippen molar-refractivity contribution in [1.29, 1.82) is 0 Å². The van der Waals surface area contributed by atoms with E-state index in [1.165, 1.54) is 18.1 Å².